The molecule has 0 amide bonds. The standard InChI is InChI=1S/C15H18N4OS/c1-20-12-4-5-14-13(10-12)17-15(21)19(14)8-3-2-7-18-9-6-16-11-18/h4-6,9-11H,2-3,7-8H2,1H3,(H,17,21). The minimum atomic E-state index is 0.765. The van der Waals surface area contributed by atoms with Gasteiger partial charge in [0.25, 0.3) is 0 Å². The molecule has 2 heterocycles. The number of hydrogen-bond donors (Lipinski definition) is 1. The molecular weight excluding hydrogens is 284 g/mol. The molecule has 1 aromatic carbocycles. The Morgan fingerprint density at radius 2 is 2.14 bits per heavy atom. The van der Waals surface area contributed by atoms with Crippen molar-refractivity contribution in [3.05, 3.63) is 41.7 Å². The van der Waals surface area contributed by atoms with Crippen LogP contribution >= 0.6 is 12.2 Å². The summed E-state index contributed by atoms with van der Waals surface area (Å²) < 4.78 is 10.3. The summed E-state index contributed by atoms with van der Waals surface area (Å²) in [5.41, 5.74) is 2.15. The molecule has 0 bridgehead atoms. The molecule has 5 nitrogen and oxygen atoms in total. The third-order valence-corrected chi connectivity index (χ3v) is 3.91. The molecule has 0 aliphatic heterocycles. The molecule has 0 saturated heterocycles. The highest BCUT2D eigenvalue weighted by atomic mass is 32.1. The van der Waals surface area contributed by atoms with Gasteiger partial charge < -0.3 is 18.9 Å². The van der Waals surface area contributed by atoms with Gasteiger partial charge in [0.15, 0.2) is 4.77 Å². The van der Waals surface area contributed by atoms with Crippen LogP contribution in [0.1, 0.15) is 12.8 Å². The number of unbranched alkanes of at least 4 members (excludes halogenated alkanes) is 1. The lowest BCUT2D eigenvalue weighted by Crippen LogP contribution is -2.01. The third kappa shape index (κ3) is 3.00. The van der Waals surface area contributed by atoms with Gasteiger partial charge in [0.2, 0.25) is 0 Å². The normalized spacial score (nSPS) is 11.1. The van der Waals surface area contributed by atoms with E-state index in [1.165, 1.54) is 0 Å². The summed E-state index contributed by atoms with van der Waals surface area (Å²) in [6.45, 7) is 1.91. The van der Waals surface area contributed by atoms with Crippen LogP contribution in [0.15, 0.2) is 36.9 Å². The average molecular weight is 302 g/mol. The first kappa shape index (κ1) is 13.9. The third-order valence-electron chi connectivity index (χ3n) is 3.59. The van der Waals surface area contributed by atoms with Crippen molar-refractivity contribution in [3.63, 3.8) is 0 Å². The van der Waals surface area contributed by atoms with E-state index in [9.17, 15) is 0 Å². The Hall–Kier alpha value is -2.08. The van der Waals surface area contributed by atoms with Gasteiger partial charge in [-0.2, -0.15) is 0 Å². The second-order valence-corrected chi connectivity index (χ2v) is 5.36. The lowest BCUT2D eigenvalue weighted by molar-refractivity contribution is 0.415. The van der Waals surface area contributed by atoms with Gasteiger partial charge >= 0.3 is 0 Å². The Morgan fingerprint density at radius 3 is 2.90 bits per heavy atom. The molecule has 0 spiro atoms. The minimum Gasteiger partial charge on any atom is -0.497 e. The van der Waals surface area contributed by atoms with Gasteiger partial charge in [0.05, 0.1) is 24.5 Å². The van der Waals surface area contributed by atoms with Crippen LogP contribution in [-0.2, 0) is 13.1 Å². The largest absolute Gasteiger partial charge is 0.497 e. The Labute approximate surface area is 128 Å². The van der Waals surface area contributed by atoms with Crippen LogP contribution < -0.4 is 4.74 Å². The SMILES string of the molecule is COc1ccc2c(c1)[nH]c(=S)n2CCCCn1ccnc1. The number of benzene rings is 1. The van der Waals surface area contributed by atoms with Gasteiger partial charge in [-0.25, -0.2) is 4.98 Å². The molecule has 0 aliphatic carbocycles. The number of H-pyrrole nitrogens is 1. The summed E-state index contributed by atoms with van der Waals surface area (Å²) in [5.74, 6) is 0.839. The Bertz CT molecular complexity index is 773. The van der Waals surface area contributed by atoms with E-state index >= 15 is 0 Å². The average Bonchev–Trinajstić information content (AvgIpc) is 3.10. The minimum absolute atomic E-state index is 0.765. The molecule has 3 aromatic rings. The van der Waals surface area contributed by atoms with E-state index in [2.05, 4.69) is 25.2 Å². The maximum absolute atomic E-state index is 5.41. The van der Waals surface area contributed by atoms with Crippen molar-refractivity contribution in [3.8, 4) is 5.75 Å². The van der Waals surface area contributed by atoms with Crippen LogP contribution in [0.5, 0.6) is 5.75 Å². The zero-order valence-electron chi connectivity index (χ0n) is 12.0. The van der Waals surface area contributed by atoms with Gasteiger partial charge in [-0.05, 0) is 37.2 Å². The molecule has 0 unspecified atom stereocenters. The second kappa shape index (κ2) is 6.13. The van der Waals surface area contributed by atoms with E-state index < -0.39 is 0 Å². The Kier molecular flexibility index (Phi) is 4.06. The smallest absolute Gasteiger partial charge is 0.178 e. The van der Waals surface area contributed by atoms with Crippen molar-refractivity contribution in [1.82, 2.24) is 19.1 Å². The molecule has 0 fully saturated rings. The fraction of sp³-hybridized carbons (Fsp3) is 0.333. The van der Waals surface area contributed by atoms with Crippen LogP contribution in [0, 0.1) is 4.77 Å². The number of aromatic amines is 1. The summed E-state index contributed by atoms with van der Waals surface area (Å²) >= 11 is 5.41. The fourth-order valence-electron chi connectivity index (χ4n) is 2.47. The second-order valence-electron chi connectivity index (χ2n) is 4.97. The molecule has 0 aliphatic rings. The van der Waals surface area contributed by atoms with Crippen LogP contribution in [0.25, 0.3) is 11.0 Å². The van der Waals surface area contributed by atoms with Gasteiger partial charge in [0.1, 0.15) is 5.75 Å². The molecule has 0 radical (unpaired) electrons. The van der Waals surface area contributed by atoms with E-state index in [0.717, 1.165) is 47.5 Å². The molecule has 2 aromatic heterocycles. The topological polar surface area (TPSA) is 47.8 Å². The zero-order chi connectivity index (χ0) is 14.7. The number of aromatic nitrogens is 4. The van der Waals surface area contributed by atoms with E-state index in [1.807, 2.05) is 30.9 Å². The lowest BCUT2D eigenvalue weighted by atomic mass is 10.2. The van der Waals surface area contributed by atoms with Gasteiger partial charge in [0, 0.05) is 31.5 Å². The van der Waals surface area contributed by atoms with Crippen molar-refractivity contribution >= 4 is 23.3 Å². The number of methoxy groups -OCH3 is 1. The molecule has 21 heavy (non-hydrogen) atoms. The van der Waals surface area contributed by atoms with Crippen molar-refractivity contribution in [2.75, 3.05) is 7.11 Å². The van der Waals surface area contributed by atoms with E-state index in [0.29, 0.717) is 0 Å². The monoisotopic (exact) mass is 302 g/mol. The highest BCUT2D eigenvalue weighted by molar-refractivity contribution is 7.71. The fourth-order valence-corrected chi connectivity index (χ4v) is 2.77. The Balaban J connectivity index is 1.69. The number of hydrogen-bond acceptors (Lipinski definition) is 3. The molecule has 6 heteroatoms. The van der Waals surface area contributed by atoms with Crippen LogP contribution in [0.4, 0.5) is 0 Å². The van der Waals surface area contributed by atoms with E-state index in [-0.39, 0.29) is 0 Å². The molecule has 110 valence electrons. The predicted octanol–water partition coefficient (Wildman–Crippen LogP) is 3.38. The molecule has 3 rings (SSSR count). The summed E-state index contributed by atoms with van der Waals surface area (Å²) in [5, 5.41) is 0. The number of nitrogens with one attached hydrogen (secondary N) is 1. The van der Waals surface area contributed by atoms with E-state index in [4.69, 9.17) is 17.0 Å². The first-order valence-electron chi connectivity index (χ1n) is 7.00. The summed E-state index contributed by atoms with van der Waals surface area (Å²) in [4.78, 5) is 7.29. The van der Waals surface area contributed by atoms with Crippen molar-refractivity contribution in [2.45, 2.75) is 25.9 Å². The van der Waals surface area contributed by atoms with Crippen molar-refractivity contribution < 1.29 is 4.74 Å². The molecule has 0 atom stereocenters. The van der Waals surface area contributed by atoms with Crippen molar-refractivity contribution in [1.29, 1.82) is 0 Å². The maximum atomic E-state index is 5.41. The highest BCUT2D eigenvalue weighted by Crippen LogP contribution is 2.20. The summed E-state index contributed by atoms with van der Waals surface area (Å²) in [6, 6.07) is 6.00. The quantitative estimate of drug-likeness (QED) is 0.561. The number of imidazole rings is 2. The number of aryl methyl sites for hydroxylation is 2. The van der Waals surface area contributed by atoms with Crippen molar-refractivity contribution in [2.24, 2.45) is 0 Å². The predicted molar refractivity (Wildman–Crippen MR) is 85.1 cm³/mol. The first-order valence-corrected chi connectivity index (χ1v) is 7.41. The zero-order valence-corrected chi connectivity index (χ0v) is 12.8. The van der Waals surface area contributed by atoms with Crippen LogP contribution in [0.2, 0.25) is 0 Å². The van der Waals surface area contributed by atoms with Gasteiger partial charge in [-0.15, -0.1) is 0 Å². The highest BCUT2D eigenvalue weighted by Gasteiger charge is 2.05. The van der Waals surface area contributed by atoms with Gasteiger partial charge in [-0.3, -0.25) is 0 Å². The summed E-state index contributed by atoms with van der Waals surface area (Å²) in [6.07, 6.45) is 7.82. The lowest BCUT2D eigenvalue weighted by Gasteiger charge is -2.06. The Morgan fingerprint density at radius 1 is 1.29 bits per heavy atom. The van der Waals surface area contributed by atoms with Crippen LogP contribution in [0.3, 0.4) is 0 Å². The number of rotatable bonds is 6. The van der Waals surface area contributed by atoms with Crippen LogP contribution in [-0.4, -0.2) is 26.2 Å². The number of fused-ring (bicyclic) bond motifs is 1. The summed E-state index contributed by atoms with van der Waals surface area (Å²) in [7, 11) is 1.67. The molecular formula is C15H18N4OS. The van der Waals surface area contributed by atoms with E-state index in [1.54, 1.807) is 7.11 Å². The molecule has 1 N–H and O–H groups in total. The number of ether oxygens (including phenoxy) is 1. The number of nitrogens with zero attached hydrogens (tertiary/aromatic N) is 3. The first-order chi connectivity index (χ1) is 10.3. The van der Waals surface area contributed by atoms with Gasteiger partial charge in [-0.1, -0.05) is 0 Å². The maximum Gasteiger partial charge on any atom is 0.178 e. The molecule has 0 saturated carbocycles.